The maximum absolute atomic E-state index is 14.3. The van der Waals surface area contributed by atoms with Crippen molar-refractivity contribution in [1.29, 1.82) is 0 Å². The van der Waals surface area contributed by atoms with Crippen LogP contribution in [-0.4, -0.2) is 50.3 Å². The molecule has 1 amide bonds. The van der Waals surface area contributed by atoms with E-state index in [-0.39, 0.29) is 24.3 Å². The second-order valence-electron chi connectivity index (χ2n) is 6.48. The number of halogens is 2. The molecule has 2 N–H and O–H groups in total. The molecule has 4 rings (SSSR count). The highest BCUT2D eigenvalue weighted by Gasteiger charge is 2.31. The van der Waals surface area contributed by atoms with Crippen LogP contribution < -0.4 is 10.2 Å². The van der Waals surface area contributed by atoms with Crippen LogP contribution in [0.1, 0.15) is 34.8 Å². The first kappa shape index (κ1) is 18.2. The summed E-state index contributed by atoms with van der Waals surface area (Å²) in [4.78, 5) is 22.8. The summed E-state index contributed by atoms with van der Waals surface area (Å²) in [5, 5.41) is 15.5. The van der Waals surface area contributed by atoms with Crippen molar-refractivity contribution in [1.82, 2.24) is 24.9 Å². The van der Waals surface area contributed by atoms with Crippen LogP contribution in [-0.2, 0) is 0 Å². The minimum absolute atomic E-state index is 0.112. The van der Waals surface area contributed by atoms with Gasteiger partial charge in [0.25, 0.3) is 5.91 Å². The maximum atomic E-state index is 14.3. The van der Waals surface area contributed by atoms with Crippen molar-refractivity contribution in [2.75, 3.05) is 24.6 Å². The lowest BCUT2D eigenvalue weighted by molar-refractivity contribution is 0.0946. The third-order valence-electron chi connectivity index (χ3n) is 4.73. The smallest absolute Gasteiger partial charge is 0.256 e. The van der Waals surface area contributed by atoms with Crippen molar-refractivity contribution in [3.8, 4) is 0 Å². The first-order valence-electron chi connectivity index (χ1n) is 8.89. The van der Waals surface area contributed by atoms with E-state index in [0.29, 0.717) is 24.6 Å². The number of rotatable bonds is 5. The number of aliphatic hydroxyl groups is 1. The Morgan fingerprint density at radius 1 is 1.36 bits per heavy atom. The highest BCUT2D eigenvalue weighted by molar-refractivity contribution is 5.99. The Bertz CT molecular complexity index is 1020. The molecule has 1 aliphatic heterocycles. The number of nitrogens with zero attached hydrogens (tertiary/aromatic N) is 5. The Morgan fingerprint density at radius 2 is 2.21 bits per heavy atom. The van der Waals surface area contributed by atoms with Gasteiger partial charge in [0.1, 0.15) is 23.5 Å². The molecule has 1 fully saturated rings. The molecule has 0 spiro atoms. The largest absolute Gasteiger partial charge is 0.395 e. The van der Waals surface area contributed by atoms with E-state index in [2.05, 4.69) is 20.4 Å². The number of aliphatic hydroxyl groups excluding tert-OH is 1. The van der Waals surface area contributed by atoms with Gasteiger partial charge in [-0.25, -0.2) is 18.3 Å². The highest BCUT2D eigenvalue weighted by Crippen LogP contribution is 2.36. The predicted molar refractivity (Wildman–Crippen MR) is 95.9 cm³/mol. The molecule has 10 heteroatoms. The topological polar surface area (TPSA) is 95.6 Å². The van der Waals surface area contributed by atoms with Gasteiger partial charge in [-0.15, -0.1) is 0 Å². The number of fused-ring (bicyclic) bond motifs is 1. The fourth-order valence-corrected chi connectivity index (χ4v) is 3.44. The number of nitrogens with one attached hydrogen (secondary N) is 1. The molecule has 0 unspecified atom stereocenters. The summed E-state index contributed by atoms with van der Waals surface area (Å²) in [7, 11) is 0. The van der Waals surface area contributed by atoms with Crippen LogP contribution in [0.15, 0.2) is 30.7 Å². The van der Waals surface area contributed by atoms with Gasteiger partial charge in [-0.05, 0) is 31.0 Å². The average Bonchev–Trinajstić information content (AvgIpc) is 3.34. The number of aromatic nitrogens is 4. The lowest BCUT2D eigenvalue weighted by atomic mass is 10.0. The second kappa shape index (κ2) is 7.47. The number of benzene rings is 1. The van der Waals surface area contributed by atoms with Gasteiger partial charge in [0.05, 0.1) is 18.8 Å². The van der Waals surface area contributed by atoms with Crippen LogP contribution >= 0.6 is 0 Å². The minimum atomic E-state index is -0.502. The van der Waals surface area contributed by atoms with Crippen LogP contribution in [0.3, 0.4) is 0 Å². The normalized spacial score (nSPS) is 16.7. The predicted octanol–water partition coefficient (Wildman–Crippen LogP) is 1.47. The lowest BCUT2D eigenvalue weighted by Gasteiger charge is -2.25. The van der Waals surface area contributed by atoms with E-state index in [1.807, 2.05) is 0 Å². The Morgan fingerprint density at radius 3 is 3.04 bits per heavy atom. The first-order chi connectivity index (χ1) is 13.6. The van der Waals surface area contributed by atoms with Gasteiger partial charge in [-0.2, -0.15) is 10.1 Å². The molecule has 0 saturated carbocycles. The van der Waals surface area contributed by atoms with E-state index < -0.39 is 23.6 Å². The molecule has 0 aliphatic carbocycles. The number of carbonyl (C=O) groups is 1. The van der Waals surface area contributed by atoms with E-state index in [4.69, 9.17) is 5.11 Å². The molecular weight excluding hydrogens is 370 g/mol. The van der Waals surface area contributed by atoms with Crippen LogP contribution in [0.25, 0.3) is 5.65 Å². The Hall–Kier alpha value is -3.14. The molecule has 0 radical (unpaired) electrons. The zero-order chi connectivity index (χ0) is 19.7. The summed E-state index contributed by atoms with van der Waals surface area (Å²) < 4.78 is 29.3. The highest BCUT2D eigenvalue weighted by atomic mass is 19.1. The standard InChI is InChI=1S/C18H18F2N6O2/c19-11-3-4-14(20)12(8-11)15-2-1-6-25(15)18-22-10-26-16(24-18)13(9-23-26)17(28)21-5-7-27/h3-4,8-10,15,27H,1-2,5-7H2,(H,21,28)/t15-/m1/s1. The average molecular weight is 388 g/mol. The van der Waals surface area contributed by atoms with Crippen molar-refractivity contribution in [3.63, 3.8) is 0 Å². The number of anilines is 1. The van der Waals surface area contributed by atoms with Crippen molar-refractivity contribution in [2.24, 2.45) is 0 Å². The molecule has 3 heterocycles. The minimum Gasteiger partial charge on any atom is -0.395 e. The quantitative estimate of drug-likeness (QED) is 0.687. The Labute approximate surface area is 158 Å². The Kier molecular flexibility index (Phi) is 4.86. The lowest BCUT2D eigenvalue weighted by Crippen LogP contribution is -2.27. The molecular formula is C18H18F2N6O2. The summed E-state index contributed by atoms with van der Waals surface area (Å²) in [6, 6.07) is 3.01. The van der Waals surface area contributed by atoms with Crippen LogP contribution in [0, 0.1) is 11.6 Å². The molecule has 2 aromatic heterocycles. The van der Waals surface area contributed by atoms with Crippen molar-refractivity contribution >= 4 is 17.5 Å². The maximum Gasteiger partial charge on any atom is 0.256 e. The second-order valence-corrected chi connectivity index (χ2v) is 6.48. The van der Waals surface area contributed by atoms with Gasteiger partial charge >= 0.3 is 0 Å². The summed E-state index contributed by atoms with van der Waals surface area (Å²) >= 11 is 0. The molecule has 8 nitrogen and oxygen atoms in total. The van der Waals surface area contributed by atoms with Crippen molar-refractivity contribution < 1.29 is 18.7 Å². The zero-order valence-corrected chi connectivity index (χ0v) is 14.8. The molecule has 0 bridgehead atoms. The molecule has 1 saturated heterocycles. The zero-order valence-electron chi connectivity index (χ0n) is 14.8. The molecule has 146 valence electrons. The summed E-state index contributed by atoms with van der Waals surface area (Å²) in [6.07, 6.45) is 4.21. The third kappa shape index (κ3) is 3.26. The van der Waals surface area contributed by atoms with Gasteiger partial charge in [-0.1, -0.05) is 0 Å². The van der Waals surface area contributed by atoms with Gasteiger partial charge in [-0.3, -0.25) is 4.79 Å². The van der Waals surface area contributed by atoms with E-state index in [9.17, 15) is 13.6 Å². The third-order valence-corrected chi connectivity index (χ3v) is 4.73. The fourth-order valence-electron chi connectivity index (χ4n) is 3.44. The molecule has 1 aromatic carbocycles. The van der Waals surface area contributed by atoms with E-state index in [1.165, 1.54) is 23.1 Å². The van der Waals surface area contributed by atoms with Crippen LogP contribution in [0.2, 0.25) is 0 Å². The van der Waals surface area contributed by atoms with E-state index in [1.54, 1.807) is 4.90 Å². The number of carbonyl (C=O) groups excluding carboxylic acids is 1. The monoisotopic (exact) mass is 388 g/mol. The molecule has 3 aromatic rings. The molecule has 1 aliphatic rings. The van der Waals surface area contributed by atoms with Gasteiger partial charge in [0.2, 0.25) is 5.95 Å². The Balaban J connectivity index is 1.70. The molecule has 28 heavy (non-hydrogen) atoms. The summed E-state index contributed by atoms with van der Waals surface area (Å²) in [5.74, 6) is -1.08. The summed E-state index contributed by atoms with van der Waals surface area (Å²) in [5.41, 5.74) is 0.797. The number of amides is 1. The van der Waals surface area contributed by atoms with E-state index in [0.717, 1.165) is 18.6 Å². The SMILES string of the molecule is O=C(NCCO)c1cnn2cnc(N3CCC[C@@H]3c3cc(F)ccc3F)nc12. The van der Waals surface area contributed by atoms with E-state index >= 15 is 0 Å². The van der Waals surface area contributed by atoms with Crippen LogP contribution in [0.4, 0.5) is 14.7 Å². The van der Waals surface area contributed by atoms with Crippen LogP contribution in [0.5, 0.6) is 0 Å². The molecule has 1 atom stereocenters. The summed E-state index contributed by atoms with van der Waals surface area (Å²) in [6.45, 7) is 0.512. The van der Waals surface area contributed by atoms with Crippen molar-refractivity contribution in [2.45, 2.75) is 18.9 Å². The van der Waals surface area contributed by atoms with Gasteiger partial charge in [0.15, 0.2) is 5.65 Å². The van der Waals surface area contributed by atoms with Gasteiger partial charge < -0.3 is 15.3 Å². The number of hydrogen-bond acceptors (Lipinski definition) is 6. The van der Waals surface area contributed by atoms with Crippen molar-refractivity contribution in [3.05, 3.63) is 53.5 Å². The first-order valence-corrected chi connectivity index (χ1v) is 8.89. The number of hydrogen-bond donors (Lipinski definition) is 2. The fraction of sp³-hybridized carbons (Fsp3) is 0.333. The van der Waals surface area contributed by atoms with Gasteiger partial charge in [0, 0.05) is 18.7 Å².